The van der Waals surface area contributed by atoms with Crippen molar-refractivity contribution in [1.29, 1.82) is 0 Å². The minimum Gasteiger partial charge on any atom is -0.495 e. The lowest BCUT2D eigenvalue weighted by atomic mass is 10.2. The number of carbonyl (C=O) groups is 1. The van der Waals surface area contributed by atoms with E-state index in [1.54, 1.807) is 25.3 Å². The molecule has 0 unspecified atom stereocenters. The van der Waals surface area contributed by atoms with Crippen LogP contribution in [-0.2, 0) is 0 Å². The van der Waals surface area contributed by atoms with Crippen LogP contribution in [0.4, 0.5) is 0 Å². The van der Waals surface area contributed by atoms with Gasteiger partial charge in [0.1, 0.15) is 22.6 Å². The van der Waals surface area contributed by atoms with Gasteiger partial charge in [-0.25, -0.2) is 0 Å². The molecule has 3 nitrogen and oxygen atoms in total. The summed E-state index contributed by atoms with van der Waals surface area (Å²) < 4.78 is 11.1. The molecule has 0 saturated carbocycles. The highest BCUT2D eigenvalue weighted by atomic mass is 79.9. The minimum absolute atomic E-state index is 0.340. The normalized spacial score (nSPS) is 9.47. The Kier molecular flexibility index (Phi) is 4.37. The van der Waals surface area contributed by atoms with Crippen molar-refractivity contribution >= 4 is 22.2 Å². The molecular formula is C11H11BrO3. The first-order valence-electron chi connectivity index (χ1n) is 4.30. The number of carbonyl (C=O) groups excluding carboxylic acids is 1. The van der Waals surface area contributed by atoms with Gasteiger partial charge in [0.05, 0.1) is 12.7 Å². The maximum absolute atomic E-state index is 10.8. The van der Waals surface area contributed by atoms with Gasteiger partial charge >= 0.3 is 0 Å². The van der Waals surface area contributed by atoms with Crippen molar-refractivity contribution in [2.45, 2.75) is 0 Å². The number of hydrogen-bond acceptors (Lipinski definition) is 3. The molecule has 0 bridgehead atoms. The fourth-order valence-electron chi connectivity index (χ4n) is 1.09. The second kappa shape index (κ2) is 5.56. The molecule has 0 saturated heterocycles. The van der Waals surface area contributed by atoms with Crippen molar-refractivity contribution in [2.24, 2.45) is 0 Å². The number of hydrogen-bond donors (Lipinski definition) is 0. The first-order chi connectivity index (χ1) is 7.24. The first-order valence-corrected chi connectivity index (χ1v) is 5.09. The summed E-state index contributed by atoms with van der Waals surface area (Å²) in [6.45, 7) is 3.88. The molecule has 0 spiro atoms. The summed E-state index contributed by atoms with van der Waals surface area (Å²) in [4.78, 5) is 10.8. The van der Waals surface area contributed by atoms with Gasteiger partial charge in [0, 0.05) is 0 Å². The topological polar surface area (TPSA) is 35.5 Å². The van der Waals surface area contributed by atoms with Gasteiger partial charge in [-0.15, -0.1) is 0 Å². The molecule has 0 aromatic heterocycles. The van der Waals surface area contributed by atoms with E-state index in [9.17, 15) is 4.79 Å². The first kappa shape index (κ1) is 11.8. The van der Waals surface area contributed by atoms with Crippen molar-refractivity contribution in [1.82, 2.24) is 0 Å². The monoisotopic (exact) mass is 270 g/mol. The quantitative estimate of drug-likeness (QED) is 0.610. The van der Waals surface area contributed by atoms with E-state index in [0.717, 1.165) is 6.29 Å². The van der Waals surface area contributed by atoms with Crippen LogP contribution in [0.15, 0.2) is 29.3 Å². The van der Waals surface area contributed by atoms with Crippen LogP contribution in [0, 0.1) is 0 Å². The summed E-state index contributed by atoms with van der Waals surface area (Å²) in [6.07, 6.45) is 2.35. The highest BCUT2D eigenvalue weighted by Gasteiger charge is 2.12. The molecule has 0 radical (unpaired) electrons. The Balaban J connectivity index is 3.16. The highest BCUT2D eigenvalue weighted by molar-refractivity contribution is 9.10. The lowest BCUT2D eigenvalue weighted by Crippen LogP contribution is -1.99. The van der Waals surface area contributed by atoms with Gasteiger partial charge in [0.15, 0.2) is 6.29 Å². The van der Waals surface area contributed by atoms with Gasteiger partial charge in [-0.05, 0) is 28.1 Å². The number of halogens is 1. The van der Waals surface area contributed by atoms with Gasteiger partial charge < -0.3 is 9.47 Å². The third-order valence-corrected chi connectivity index (χ3v) is 2.54. The fourth-order valence-corrected chi connectivity index (χ4v) is 1.73. The van der Waals surface area contributed by atoms with Crippen LogP contribution in [0.2, 0.25) is 0 Å². The molecule has 0 aliphatic carbocycles. The molecule has 4 heteroatoms. The standard InChI is InChI=1S/C11H11BrO3/c1-3-6-15-11-8(7-13)4-5-9(14-2)10(11)12/h3-5,7H,1,6H2,2H3. The average molecular weight is 271 g/mol. The Morgan fingerprint density at radius 2 is 2.27 bits per heavy atom. The molecule has 15 heavy (non-hydrogen) atoms. The van der Waals surface area contributed by atoms with Crippen molar-refractivity contribution in [3.05, 3.63) is 34.8 Å². The van der Waals surface area contributed by atoms with Crippen LogP contribution in [0.5, 0.6) is 11.5 Å². The van der Waals surface area contributed by atoms with E-state index in [4.69, 9.17) is 9.47 Å². The number of aldehydes is 1. The second-order valence-corrected chi connectivity index (χ2v) is 3.51. The average Bonchev–Trinajstić information content (AvgIpc) is 2.27. The molecule has 0 atom stereocenters. The second-order valence-electron chi connectivity index (χ2n) is 2.72. The molecule has 1 rings (SSSR count). The summed E-state index contributed by atoms with van der Waals surface area (Å²) in [5, 5.41) is 0. The van der Waals surface area contributed by atoms with E-state index in [0.29, 0.717) is 28.1 Å². The fraction of sp³-hybridized carbons (Fsp3) is 0.182. The van der Waals surface area contributed by atoms with Gasteiger partial charge in [-0.3, -0.25) is 4.79 Å². The van der Waals surface area contributed by atoms with Crippen molar-refractivity contribution < 1.29 is 14.3 Å². The molecule has 0 aliphatic rings. The zero-order valence-electron chi connectivity index (χ0n) is 8.33. The predicted octanol–water partition coefficient (Wildman–Crippen LogP) is 2.84. The number of methoxy groups -OCH3 is 1. The molecule has 1 aromatic carbocycles. The molecule has 80 valence electrons. The Morgan fingerprint density at radius 1 is 1.53 bits per heavy atom. The smallest absolute Gasteiger partial charge is 0.153 e. The molecule has 0 fully saturated rings. The molecule has 0 N–H and O–H groups in total. The summed E-state index contributed by atoms with van der Waals surface area (Å²) >= 11 is 3.32. The Morgan fingerprint density at radius 3 is 2.80 bits per heavy atom. The molecule has 0 heterocycles. The van der Waals surface area contributed by atoms with Crippen LogP contribution in [0.1, 0.15) is 10.4 Å². The van der Waals surface area contributed by atoms with Gasteiger partial charge in [0.2, 0.25) is 0 Å². The van der Waals surface area contributed by atoms with E-state index in [-0.39, 0.29) is 0 Å². The van der Waals surface area contributed by atoms with Crippen molar-refractivity contribution in [3.8, 4) is 11.5 Å². The van der Waals surface area contributed by atoms with Gasteiger partial charge in [-0.1, -0.05) is 12.7 Å². The summed E-state index contributed by atoms with van der Waals surface area (Å²) in [6, 6.07) is 3.35. The van der Waals surface area contributed by atoms with Crippen molar-refractivity contribution in [3.63, 3.8) is 0 Å². The van der Waals surface area contributed by atoms with Gasteiger partial charge in [0.25, 0.3) is 0 Å². The molecule has 1 aromatic rings. The highest BCUT2D eigenvalue weighted by Crippen LogP contribution is 2.36. The van der Waals surface area contributed by atoms with Crippen LogP contribution in [0.25, 0.3) is 0 Å². The summed E-state index contributed by atoms with van der Waals surface area (Å²) in [5.41, 5.74) is 0.476. The van der Waals surface area contributed by atoms with E-state index in [2.05, 4.69) is 22.5 Å². The van der Waals surface area contributed by atoms with Gasteiger partial charge in [-0.2, -0.15) is 0 Å². The lowest BCUT2D eigenvalue weighted by Gasteiger charge is -2.11. The van der Waals surface area contributed by atoms with E-state index < -0.39 is 0 Å². The predicted molar refractivity (Wildman–Crippen MR) is 61.8 cm³/mol. The third kappa shape index (κ3) is 2.59. The summed E-state index contributed by atoms with van der Waals surface area (Å²) in [7, 11) is 1.55. The van der Waals surface area contributed by atoms with Crippen molar-refractivity contribution in [2.75, 3.05) is 13.7 Å². The Hall–Kier alpha value is -1.29. The van der Waals surface area contributed by atoms with E-state index >= 15 is 0 Å². The molecule has 0 aliphatic heterocycles. The SMILES string of the molecule is C=CCOc1c(C=O)ccc(OC)c1Br. The number of rotatable bonds is 5. The van der Waals surface area contributed by atoms with E-state index in [1.165, 1.54) is 0 Å². The van der Waals surface area contributed by atoms with Crippen LogP contribution in [0.3, 0.4) is 0 Å². The maximum atomic E-state index is 10.8. The van der Waals surface area contributed by atoms with E-state index in [1.807, 2.05) is 0 Å². The lowest BCUT2D eigenvalue weighted by molar-refractivity contribution is 0.112. The Bertz CT molecular complexity index is 374. The molecule has 0 amide bonds. The van der Waals surface area contributed by atoms with Crippen LogP contribution < -0.4 is 9.47 Å². The molecular weight excluding hydrogens is 260 g/mol. The third-order valence-electron chi connectivity index (χ3n) is 1.78. The maximum Gasteiger partial charge on any atom is 0.153 e. The number of benzene rings is 1. The largest absolute Gasteiger partial charge is 0.495 e. The van der Waals surface area contributed by atoms with Crippen LogP contribution in [-0.4, -0.2) is 20.0 Å². The van der Waals surface area contributed by atoms with Crippen LogP contribution >= 0.6 is 15.9 Å². The zero-order valence-corrected chi connectivity index (χ0v) is 9.91. The summed E-state index contributed by atoms with van der Waals surface area (Å²) in [5.74, 6) is 1.10. The minimum atomic E-state index is 0.340. The zero-order chi connectivity index (χ0) is 11.3. The number of ether oxygens (including phenoxy) is 2. The Labute approximate surface area is 96.8 Å².